The van der Waals surface area contributed by atoms with E-state index in [1.165, 1.54) is 0 Å². The summed E-state index contributed by atoms with van der Waals surface area (Å²) in [5, 5.41) is 21.1. The zero-order valence-electron chi connectivity index (χ0n) is 10.3. The van der Waals surface area contributed by atoms with Crippen molar-refractivity contribution in [2.45, 2.75) is 0 Å². The molecule has 0 heterocycles. The predicted molar refractivity (Wildman–Crippen MR) is 75.7 cm³/mol. The van der Waals surface area contributed by atoms with E-state index in [0.29, 0.717) is 28.8 Å². The first-order valence-corrected chi connectivity index (χ1v) is 6.51. The molecule has 106 valence electrons. The summed E-state index contributed by atoms with van der Waals surface area (Å²) in [6, 6.07) is 4.80. The summed E-state index contributed by atoms with van der Waals surface area (Å²) in [6.45, 7) is 0.603. The number of anilines is 1. The standard InChI is InChI=1S/C12H16Cl2N2O3/c13-10-2-1-9(7-11(10)14)15-12(19)8-16(3-5-17)4-6-18/h1-2,7,17-18H,3-6,8H2,(H,15,19). The van der Waals surface area contributed by atoms with Crippen molar-refractivity contribution in [3.05, 3.63) is 28.2 Å². The molecule has 1 aromatic rings. The van der Waals surface area contributed by atoms with Crippen molar-refractivity contribution in [3.63, 3.8) is 0 Å². The normalized spacial score (nSPS) is 10.8. The van der Waals surface area contributed by atoms with Gasteiger partial charge in [-0.05, 0) is 18.2 Å². The lowest BCUT2D eigenvalue weighted by Crippen LogP contribution is -2.37. The van der Waals surface area contributed by atoms with Crippen molar-refractivity contribution in [1.82, 2.24) is 4.90 Å². The van der Waals surface area contributed by atoms with Crippen molar-refractivity contribution >= 4 is 34.8 Å². The van der Waals surface area contributed by atoms with Crippen LogP contribution in [0.15, 0.2) is 18.2 Å². The number of benzene rings is 1. The van der Waals surface area contributed by atoms with Crippen LogP contribution in [0, 0.1) is 0 Å². The van der Waals surface area contributed by atoms with E-state index in [9.17, 15) is 4.79 Å². The average Bonchev–Trinajstić information content (AvgIpc) is 2.34. The van der Waals surface area contributed by atoms with Crippen LogP contribution >= 0.6 is 23.2 Å². The highest BCUT2D eigenvalue weighted by molar-refractivity contribution is 6.42. The minimum Gasteiger partial charge on any atom is -0.395 e. The number of hydrogen-bond donors (Lipinski definition) is 3. The van der Waals surface area contributed by atoms with Crippen LogP contribution in [0.4, 0.5) is 5.69 Å². The number of hydrogen-bond acceptors (Lipinski definition) is 4. The summed E-state index contributed by atoms with van der Waals surface area (Å²) in [5.74, 6) is -0.250. The molecule has 0 aliphatic carbocycles. The maximum absolute atomic E-state index is 11.8. The topological polar surface area (TPSA) is 72.8 Å². The number of nitrogens with zero attached hydrogens (tertiary/aromatic N) is 1. The Morgan fingerprint density at radius 1 is 1.16 bits per heavy atom. The van der Waals surface area contributed by atoms with Gasteiger partial charge < -0.3 is 15.5 Å². The van der Waals surface area contributed by atoms with Crippen molar-refractivity contribution in [1.29, 1.82) is 0 Å². The van der Waals surface area contributed by atoms with Gasteiger partial charge in [-0.1, -0.05) is 23.2 Å². The molecular weight excluding hydrogens is 291 g/mol. The van der Waals surface area contributed by atoms with Gasteiger partial charge in [0.15, 0.2) is 0 Å². The molecule has 19 heavy (non-hydrogen) atoms. The number of carbonyl (C=O) groups is 1. The summed E-state index contributed by atoms with van der Waals surface area (Å²) >= 11 is 11.6. The summed E-state index contributed by atoms with van der Waals surface area (Å²) in [7, 11) is 0. The third-order valence-electron chi connectivity index (χ3n) is 2.40. The highest BCUT2D eigenvalue weighted by Gasteiger charge is 2.10. The molecule has 0 spiro atoms. The van der Waals surface area contributed by atoms with E-state index in [0.717, 1.165) is 0 Å². The van der Waals surface area contributed by atoms with Crippen LogP contribution in [0.3, 0.4) is 0 Å². The van der Waals surface area contributed by atoms with Gasteiger partial charge >= 0.3 is 0 Å². The second-order valence-electron chi connectivity index (χ2n) is 3.90. The quantitative estimate of drug-likeness (QED) is 0.708. The molecule has 0 unspecified atom stereocenters. The number of nitrogens with one attached hydrogen (secondary N) is 1. The zero-order chi connectivity index (χ0) is 14.3. The number of aliphatic hydroxyl groups excluding tert-OH is 2. The molecule has 0 saturated heterocycles. The molecule has 0 saturated carbocycles. The van der Waals surface area contributed by atoms with E-state index in [1.54, 1.807) is 23.1 Å². The van der Waals surface area contributed by atoms with Crippen LogP contribution in [0.25, 0.3) is 0 Å². The van der Waals surface area contributed by atoms with E-state index in [4.69, 9.17) is 33.4 Å². The Morgan fingerprint density at radius 2 is 1.79 bits per heavy atom. The number of halogens is 2. The van der Waals surface area contributed by atoms with Crippen LogP contribution in [0.2, 0.25) is 10.0 Å². The van der Waals surface area contributed by atoms with E-state index < -0.39 is 0 Å². The number of amides is 1. The molecule has 1 rings (SSSR count). The van der Waals surface area contributed by atoms with Crippen molar-refractivity contribution in [2.24, 2.45) is 0 Å². The molecular formula is C12H16Cl2N2O3. The Labute approximate surface area is 121 Å². The van der Waals surface area contributed by atoms with Crippen LogP contribution in [-0.4, -0.2) is 53.9 Å². The van der Waals surface area contributed by atoms with Crippen LogP contribution in [0.5, 0.6) is 0 Å². The van der Waals surface area contributed by atoms with Crippen LogP contribution in [-0.2, 0) is 4.79 Å². The zero-order valence-corrected chi connectivity index (χ0v) is 11.8. The highest BCUT2D eigenvalue weighted by Crippen LogP contribution is 2.24. The minimum atomic E-state index is -0.250. The second-order valence-corrected chi connectivity index (χ2v) is 4.71. The monoisotopic (exact) mass is 306 g/mol. The summed E-state index contributed by atoms with van der Waals surface area (Å²) in [4.78, 5) is 13.4. The SMILES string of the molecule is O=C(CN(CCO)CCO)Nc1ccc(Cl)c(Cl)c1. The van der Waals surface area contributed by atoms with Crippen molar-refractivity contribution < 1.29 is 15.0 Å². The second kappa shape index (κ2) is 8.35. The van der Waals surface area contributed by atoms with Crippen molar-refractivity contribution in [2.75, 3.05) is 38.2 Å². The molecule has 3 N–H and O–H groups in total. The van der Waals surface area contributed by atoms with E-state index in [1.807, 2.05) is 0 Å². The van der Waals surface area contributed by atoms with Gasteiger partial charge in [0.25, 0.3) is 0 Å². The molecule has 0 bridgehead atoms. The van der Waals surface area contributed by atoms with Gasteiger partial charge in [-0.25, -0.2) is 0 Å². The Balaban J connectivity index is 2.55. The summed E-state index contributed by atoms with van der Waals surface area (Å²) < 4.78 is 0. The number of carbonyl (C=O) groups excluding carboxylic acids is 1. The number of rotatable bonds is 7. The molecule has 1 amide bonds. The highest BCUT2D eigenvalue weighted by atomic mass is 35.5. The van der Waals surface area contributed by atoms with Crippen LogP contribution in [0.1, 0.15) is 0 Å². The summed E-state index contributed by atoms with van der Waals surface area (Å²) in [6.07, 6.45) is 0. The maximum atomic E-state index is 11.8. The lowest BCUT2D eigenvalue weighted by molar-refractivity contribution is -0.117. The minimum absolute atomic E-state index is 0.0694. The molecule has 0 radical (unpaired) electrons. The number of aliphatic hydroxyl groups is 2. The molecule has 0 atom stereocenters. The molecule has 5 nitrogen and oxygen atoms in total. The fourth-order valence-electron chi connectivity index (χ4n) is 1.53. The predicted octanol–water partition coefficient (Wildman–Crippen LogP) is 1.22. The Hall–Kier alpha value is -0.850. The largest absolute Gasteiger partial charge is 0.395 e. The Bertz CT molecular complexity index is 423. The van der Waals surface area contributed by atoms with Gasteiger partial charge in [0.05, 0.1) is 29.8 Å². The molecule has 0 fully saturated rings. The third kappa shape index (κ3) is 5.76. The maximum Gasteiger partial charge on any atom is 0.238 e. The van der Waals surface area contributed by atoms with Gasteiger partial charge in [0, 0.05) is 18.8 Å². The van der Waals surface area contributed by atoms with Gasteiger partial charge in [0.2, 0.25) is 5.91 Å². The molecule has 7 heteroatoms. The molecule has 0 aromatic heterocycles. The third-order valence-corrected chi connectivity index (χ3v) is 3.14. The van der Waals surface area contributed by atoms with Gasteiger partial charge in [-0.3, -0.25) is 9.69 Å². The first kappa shape index (κ1) is 16.2. The van der Waals surface area contributed by atoms with Crippen molar-refractivity contribution in [3.8, 4) is 0 Å². The van der Waals surface area contributed by atoms with Gasteiger partial charge in [0.1, 0.15) is 0 Å². The molecule has 0 aliphatic rings. The first-order valence-electron chi connectivity index (χ1n) is 5.75. The summed E-state index contributed by atoms with van der Waals surface area (Å²) in [5.41, 5.74) is 0.548. The van der Waals surface area contributed by atoms with E-state index in [-0.39, 0.29) is 25.7 Å². The van der Waals surface area contributed by atoms with Crippen LogP contribution < -0.4 is 5.32 Å². The lowest BCUT2D eigenvalue weighted by atomic mass is 10.3. The van der Waals surface area contributed by atoms with Gasteiger partial charge in [-0.2, -0.15) is 0 Å². The fourth-order valence-corrected chi connectivity index (χ4v) is 1.83. The first-order chi connectivity index (χ1) is 9.06. The van der Waals surface area contributed by atoms with Gasteiger partial charge in [-0.15, -0.1) is 0 Å². The fraction of sp³-hybridized carbons (Fsp3) is 0.417. The van der Waals surface area contributed by atoms with E-state index in [2.05, 4.69) is 5.32 Å². The molecule has 0 aliphatic heterocycles. The Kier molecular flexibility index (Phi) is 7.12. The average molecular weight is 307 g/mol. The smallest absolute Gasteiger partial charge is 0.238 e. The van der Waals surface area contributed by atoms with E-state index >= 15 is 0 Å². The molecule has 1 aromatic carbocycles. The Morgan fingerprint density at radius 3 is 2.32 bits per heavy atom. The lowest BCUT2D eigenvalue weighted by Gasteiger charge is -2.19.